The second-order valence-electron chi connectivity index (χ2n) is 5.86. The minimum absolute atomic E-state index is 0.0287. The van der Waals surface area contributed by atoms with Crippen molar-refractivity contribution in [2.75, 3.05) is 19.1 Å². The number of carbonyl (C=O) groups excluding carboxylic acids is 1. The van der Waals surface area contributed by atoms with Crippen molar-refractivity contribution in [2.24, 2.45) is 0 Å². The van der Waals surface area contributed by atoms with Gasteiger partial charge in [0.05, 0.1) is 14.2 Å². The monoisotopic (exact) mass is 311 g/mol. The number of nitrogens with zero attached hydrogens (tertiary/aromatic N) is 1. The Morgan fingerprint density at radius 2 is 1.74 bits per heavy atom. The van der Waals surface area contributed by atoms with Crippen molar-refractivity contribution in [3.8, 4) is 11.5 Å². The Bertz CT molecular complexity index is 729. The predicted molar refractivity (Wildman–Crippen MR) is 90.7 cm³/mol. The first kappa shape index (κ1) is 15.4. The van der Waals surface area contributed by atoms with Crippen LogP contribution in [0.4, 0.5) is 5.69 Å². The normalized spacial score (nSPS) is 16.2. The van der Waals surface area contributed by atoms with Gasteiger partial charge in [-0.15, -0.1) is 0 Å². The molecule has 0 fully saturated rings. The molecule has 0 N–H and O–H groups in total. The lowest BCUT2D eigenvalue weighted by Gasteiger charge is -2.23. The van der Waals surface area contributed by atoms with Crippen LogP contribution < -0.4 is 14.4 Å². The largest absolute Gasteiger partial charge is 0.496 e. The second kappa shape index (κ2) is 5.95. The van der Waals surface area contributed by atoms with Crippen LogP contribution in [0.15, 0.2) is 36.4 Å². The zero-order chi connectivity index (χ0) is 16.6. The van der Waals surface area contributed by atoms with Crippen molar-refractivity contribution in [1.29, 1.82) is 0 Å². The number of anilines is 1. The molecule has 1 unspecified atom stereocenters. The lowest BCUT2D eigenvalue weighted by atomic mass is 10.1. The van der Waals surface area contributed by atoms with E-state index in [-0.39, 0.29) is 11.9 Å². The maximum absolute atomic E-state index is 13.1. The highest BCUT2D eigenvalue weighted by Gasteiger charge is 2.31. The van der Waals surface area contributed by atoms with E-state index in [1.165, 1.54) is 5.56 Å². The number of hydrogen-bond acceptors (Lipinski definition) is 3. The first-order valence-electron chi connectivity index (χ1n) is 7.71. The lowest BCUT2D eigenvalue weighted by molar-refractivity contribution is 0.0980. The van der Waals surface area contributed by atoms with E-state index in [4.69, 9.17) is 9.47 Å². The van der Waals surface area contributed by atoms with Gasteiger partial charge < -0.3 is 14.4 Å². The summed E-state index contributed by atoms with van der Waals surface area (Å²) in [7, 11) is 3.20. The Kier molecular flexibility index (Phi) is 3.99. The summed E-state index contributed by atoms with van der Waals surface area (Å²) in [6, 6.07) is 11.8. The minimum Gasteiger partial charge on any atom is -0.496 e. The number of rotatable bonds is 3. The number of methoxy groups -OCH3 is 2. The molecule has 0 radical (unpaired) electrons. The molecular formula is C19H21NO3. The highest BCUT2D eigenvalue weighted by Crippen LogP contribution is 2.35. The van der Waals surface area contributed by atoms with Gasteiger partial charge in [-0.1, -0.05) is 18.2 Å². The van der Waals surface area contributed by atoms with E-state index in [9.17, 15) is 4.79 Å². The maximum atomic E-state index is 13.1. The number of para-hydroxylation sites is 1. The fourth-order valence-corrected chi connectivity index (χ4v) is 3.22. The molecule has 0 saturated carbocycles. The number of ether oxygens (including phenoxy) is 2. The summed E-state index contributed by atoms with van der Waals surface area (Å²) in [6.07, 6.45) is 0.877. The summed E-state index contributed by atoms with van der Waals surface area (Å²) < 4.78 is 10.8. The van der Waals surface area contributed by atoms with Crippen molar-refractivity contribution >= 4 is 11.6 Å². The van der Waals surface area contributed by atoms with Gasteiger partial charge in [-0.25, -0.2) is 0 Å². The van der Waals surface area contributed by atoms with Gasteiger partial charge in [0.1, 0.15) is 11.5 Å². The van der Waals surface area contributed by atoms with Crippen LogP contribution in [0.2, 0.25) is 0 Å². The smallest absolute Gasteiger partial charge is 0.258 e. The SMILES string of the molecule is COc1cc(C(=O)N2c3ccccc3CC2C)cc(OC)c1C. The van der Waals surface area contributed by atoms with Crippen LogP contribution in [0, 0.1) is 6.92 Å². The Morgan fingerprint density at radius 3 is 2.35 bits per heavy atom. The molecule has 120 valence electrons. The van der Waals surface area contributed by atoms with Crippen LogP contribution in [0.25, 0.3) is 0 Å². The molecule has 0 aromatic heterocycles. The van der Waals surface area contributed by atoms with Crippen molar-refractivity contribution in [1.82, 2.24) is 0 Å². The summed E-state index contributed by atoms with van der Waals surface area (Å²) >= 11 is 0. The van der Waals surface area contributed by atoms with Crippen molar-refractivity contribution in [2.45, 2.75) is 26.3 Å². The quantitative estimate of drug-likeness (QED) is 0.869. The fraction of sp³-hybridized carbons (Fsp3) is 0.316. The van der Waals surface area contributed by atoms with Gasteiger partial charge >= 0.3 is 0 Å². The summed E-state index contributed by atoms with van der Waals surface area (Å²) in [6.45, 7) is 3.99. The molecular weight excluding hydrogens is 290 g/mol. The molecule has 1 amide bonds. The van der Waals surface area contributed by atoms with Gasteiger partial charge in [-0.05, 0) is 44.0 Å². The summed E-state index contributed by atoms with van der Waals surface area (Å²) in [5, 5.41) is 0. The summed E-state index contributed by atoms with van der Waals surface area (Å²) in [5.74, 6) is 1.29. The van der Waals surface area contributed by atoms with E-state index in [1.807, 2.05) is 30.0 Å². The maximum Gasteiger partial charge on any atom is 0.258 e. The third kappa shape index (κ3) is 2.54. The first-order chi connectivity index (χ1) is 11.1. The van der Waals surface area contributed by atoms with Crippen LogP contribution in [0.3, 0.4) is 0 Å². The molecule has 3 rings (SSSR count). The van der Waals surface area contributed by atoms with E-state index in [2.05, 4.69) is 13.0 Å². The molecule has 0 bridgehead atoms. The average Bonchev–Trinajstić information content (AvgIpc) is 2.90. The van der Waals surface area contributed by atoms with Crippen molar-refractivity contribution in [3.05, 3.63) is 53.1 Å². The van der Waals surface area contributed by atoms with Crippen LogP contribution in [-0.4, -0.2) is 26.2 Å². The molecule has 23 heavy (non-hydrogen) atoms. The molecule has 2 aromatic rings. The number of benzene rings is 2. The standard InChI is InChI=1S/C19H21NO3/c1-12-9-14-7-5-6-8-16(14)20(12)19(21)15-10-17(22-3)13(2)18(11-15)23-4/h5-8,10-12H,9H2,1-4H3. The van der Waals surface area contributed by atoms with E-state index >= 15 is 0 Å². The summed E-state index contributed by atoms with van der Waals surface area (Å²) in [4.78, 5) is 14.9. The molecule has 2 aromatic carbocycles. The molecule has 1 atom stereocenters. The van der Waals surface area contributed by atoms with Crippen LogP contribution in [0.1, 0.15) is 28.4 Å². The number of carbonyl (C=O) groups is 1. The third-order valence-corrected chi connectivity index (χ3v) is 4.43. The van der Waals surface area contributed by atoms with E-state index in [0.29, 0.717) is 17.1 Å². The van der Waals surface area contributed by atoms with Crippen LogP contribution in [0.5, 0.6) is 11.5 Å². The molecule has 4 nitrogen and oxygen atoms in total. The van der Waals surface area contributed by atoms with Gasteiger partial charge in [0, 0.05) is 22.9 Å². The number of amides is 1. The molecule has 0 saturated heterocycles. The third-order valence-electron chi connectivity index (χ3n) is 4.43. The topological polar surface area (TPSA) is 38.8 Å². The van der Waals surface area contributed by atoms with Crippen LogP contribution in [-0.2, 0) is 6.42 Å². The minimum atomic E-state index is -0.0287. The molecule has 0 spiro atoms. The zero-order valence-corrected chi connectivity index (χ0v) is 13.9. The molecule has 0 aliphatic carbocycles. The fourth-order valence-electron chi connectivity index (χ4n) is 3.22. The average molecular weight is 311 g/mol. The van der Waals surface area contributed by atoms with E-state index in [1.54, 1.807) is 26.4 Å². The Hall–Kier alpha value is -2.49. The molecule has 4 heteroatoms. The van der Waals surface area contributed by atoms with Gasteiger partial charge in [0.2, 0.25) is 0 Å². The van der Waals surface area contributed by atoms with E-state index < -0.39 is 0 Å². The summed E-state index contributed by atoms with van der Waals surface area (Å²) in [5.41, 5.74) is 3.66. The number of hydrogen-bond donors (Lipinski definition) is 0. The van der Waals surface area contributed by atoms with E-state index in [0.717, 1.165) is 17.7 Å². The zero-order valence-electron chi connectivity index (χ0n) is 13.9. The van der Waals surface area contributed by atoms with Gasteiger partial charge in [-0.3, -0.25) is 4.79 Å². The number of fused-ring (bicyclic) bond motifs is 1. The Balaban J connectivity index is 2.04. The molecule has 1 aliphatic rings. The Morgan fingerprint density at radius 1 is 1.13 bits per heavy atom. The predicted octanol–water partition coefficient (Wildman–Crippen LogP) is 3.60. The van der Waals surface area contributed by atoms with Crippen molar-refractivity contribution < 1.29 is 14.3 Å². The van der Waals surface area contributed by atoms with Crippen LogP contribution >= 0.6 is 0 Å². The van der Waals surface area contributed by atoms with Gasteiger partial charge in [-0.2, -0.15) is 0 Å². The molecule has 1 heterocycles. The highest BCUT2D eigenvalue weighted by molar-refractivity contribution is 6.08. The van der Waals surface area contributed by atoms with Gasteiger partial charge in [0.25, 0.3) is 5.91 Å². The highest BCUT2D eigenvalue weighted by atomic mass is 16.5. The second-order valence-corrected chi connectivity index (χ2v) is 5.86. The molecule has 1 aliphatic heterocycles. The Labute approximate surface area is 136 Å². The van der Waals surface area contributed by atoms with Gasteiger partial charge in [0.15, 0.2) is 0 Å². The first-order valence-corrected chi connectivity index (χ1v) is 7.71. The van der Waals surface area contributed by atoms with Crippen molar-refractivity contribution in [3.63, 3.8) is 0 Å². The lowest BCUT2D eigenvalue weighted by Crippen LogP contribution is -2.35.